The van der Waals surface area contributed by atoms with Crippen molar-refractivity contribution in [3.8, 4) is 0 Å². The SMILES string of the molecule is Cc1cc(Br)cc(C(=O)NNCc2ccc(Cl)cc2Cl)c1NC(=O)C(C)(C)CCl. The fourth-order valence-corrected chi connectivity index (χ4v) is 3.55. The maximum atomic E-state index is 12.8. The van der Waals surface area contributed by atoms with Crippen molar-refractivity contribution in [2.24, 2.45) is 5.41 Å². The average Bonchev–Trinajstić information content (AvgIpc) is 2.65. The minimum absolute atomic E-state index is 0.152. The molecule has 0 heterocycles. The summed E-state index contributed by atoms with van der Waals surface area (Å²) in [5.41, 5.74) is 6.95. The van der Waals surface area contributed by atoms with Crippen LogP contribution in [0.3, 0.4) is 0 Å². The predicted molar refractivity (Wildman–Crippen MR) is 123 cm³/mol. The van der Waals surface area contributed by atoms with Crippen LogP contribution in [0.15, 0.2) is 34.8 Å². The Labute approximate surface area is 193 Å². The number of nitrogens with one attached hydrogen (secondary N) is 3. The number of carbonyl (C=O) groups excluding carboxylic acids is 2. The summed E-state index contributed by atoms with van der Waals surface area (Å²) in [5, 5.41) is 3.86. The monoisotopic (exact) mass is 519 g/mol. The van der Waals surface area contributed by atoms with Crippen molar-refractivity contribution in [3.63, 3.8) is 0 Å². The van der Waals surface area contributed by atoms with Gasteiger partial charge < -0.3 is 5.32 Å². The van der Waals surface area contributed by atoms with Gasteiger partial charge in [-0.15, -0.1) is 11.6 Å². The first-order chi connectivity index (χ1) is 13.5. The average molecular weight is 522 g/mol. The highest BCUT2D eigenvalue weighted by molar-refractivity contribution is 9.10. The number of hydrogen-bond donors (Lipinski definition) is 3. The predicted octanol–water partition coefficient (Wildman–Crippen LogP) is 5.70. The van der Waals surface area contributed by atoms with E-state index in [1.807, 2.05) is 13.0 Å². The van der Waals surface area contributed by atoms with Crippen molar-refractivity contribution >= 4 is 68.2 Å². The van der Waals surface area contributed by atoms with Crippen molar-refractivity contribution in [3.05, 3.63) is 61.5 Å². The van der Waals surface area contributed by atoms with Crippen LogP contribution < -0.4 is 16.2 Å². The summed E-state index contributed by atoms with van der Waals surface area (Å²) in [6.45, 7) is 5.59. The Kier molecular flexibility index (Phi) is 8.37. The number of benzene rings is 2. The van der Waals surface area contributed by atoms with Crippen LogP contribution >= 0.6 is 50.7 Å². The molecule has 0 aliphatic heterocycles. The molecule has 5 nitrogen and oxygen atoms in total. The molecule has 0 spiro atoms. The lowest BCUT2D eigenvalue weighted by molar-refractivity contribution is -0.122. The van der Waals surface area contributed by atoms with Crippen molar-refractivity contribution in [2.75, 3.05) is 11.2 Å². The van der Waals surface area contributed by atoms with Gasteiger partial charge in [0.05, 0.1) is 16.7 Å². The van der Waals surface area contributed by atoms with E-state index in [1.165, 1.54) is 0 Å². The number of aryl methyl sites for hydroxylation is 1. The van der Waals surface area contributed by atoms with E-state index in [0.717, 1.165) is 15.6 Å². The molecule has 0 aliphatic rings. The molecule has 0 fully saturated rings. The topological polar surface area (TPSA) is 70.2 Å². The van der Waals surface area contributed by atoms with Gasteiger partial charge in [-0.05, 0) is 56.2 Å². The highest BCUT2D eigenvalue weighted by Gasteiger charge is 2.28. The van der Waals surface area contributed by atoms with Gasteiger partial charge in [-0.25, -0.2) is 5.43 Å². The minimum atomic E-state index is -0.779. The molecule has 2 rings (SSSR count). The van der Waals surface area contributed by atoms with Crippen molar-refractivity contribution in [1.82, 2.24) is 10.9 Å². The lowest BCUT2D eigenvalue weighted by Gasteiger charge is -2.22. The van der Waals surface area contributed by atoms with E-state index >= 15 is 0 Å². The molecule has 9 heteroatoms. The van der Waals surface area contributed by atoms with Crippen LogP contribution in [0.25, 0.3) is 0 Å². The Morgan fingerprint density at radius 1 is 1.14 bits per heavy atom. The summed E-state index contributed by atoms with van der Waals surface area (Å²) in [6.07, 6.45) is 0. The molecule has 2 amide bonds. The summed E-state index contributed by atoms with van der Waals surface area (Å²) >= 11 is 21.3. The van der Waals surface area contributed by atoms with E-state index in [-0.39, 0.29) is 11.8 Å². The van der Waals surface area contributed by atoms with Gasteiger partial charge >= 0.3 is 0 Å². The Balaban J connectivity index is 2.17. The molecular formula is C20H21BrCl3N3O2. The van der Waals surface area contributed by atoms with Gasteiger partial charge in [0.2, 0.25) is 5.91 Å². The Morgan fingerprint density at radius 2 is 1.83 bits per heavy atom. The fraction of sp³-hybridized carbons (Fsp3) is 0.300. The first kappa shape index (κ1) is 24.0. The van der Waals surface area contributed by atoms with Crippen LogP contribution in [-0.2, 0) is 11.3 Å². The molecule has 2 aromatic rings. The molecule has 0 bridgehead atoms. The van der Waals surface area contributed by atoms with Gasteiger partial charge in [0, 0.05) is 26.9 Å². The second kappa shape index (κ2) is 10.1. The van der Waals surface area contributed by atoms with Gasteiger partial charge in [-0.3, -0.25) is 15.0 Å². The molecule has 0 saturated heterocycles. The number of carbonyl (C=O) groups is 2. The third-order valence-corrected chi connectivity index (χ3v) is 5.94. The Hall–Kier alpha value is -1.31. The van der Waals surface area contributed by atoms with Crippen LogP contribution in [0.1, 0.15) is 35.3 Å². The quantitative estimate of drug-likeness (QED) is 0.323. The standard InChI is InChI=1S/C20H21BrCl3N3O2/c1-11-6-13(21)7-15(17(11)26-19(29)20(2,3)10-22)18(28)27-25-9-12-4-5-14(23)8-16(12)24/h4-8,25H,9-10H2,1-3H3,(H,26,29)(H,27,28). The summed E-state index contributed by atoms with van der Waals surface area (Å²) in [6, 6.07) is 8.58. The summed E-state index contributed by atoms with van der Waals surface area (Å²) in [5.74, 6) is -0.523. The zero-order valence-corrected chi connectivity index (χ0v) is 20.0. The largest absolute Gasteiger partial charge is 0.325 e. The molecule has 0 aliphatic carbocycles. The van der Waals surface area contributed by atoms with Gasteiger partial charge in [0.1, 0.15) is 0 Å². The molecule has 156 valence electrons. The van der Waals surface area contributed by atoms with Gasteiger partial charge in [0.25, 0.3) is 5.91 Å². The maximum Gasteiger partial charge on any atom is 0.267 e. The van der Waals surface area contributed by atoms with Gasteiger partial charge in [0.15, 0.2) is 0 Å². The fourth-order valence-electron chi connectivity index (χ4n) is 2.38. The number of anilines is 1. The lowest BCUT2D eigenvalue weighted by Crippen LogP contribution is -2.38. The number of hydrazine groups is 1. The third kappa shape index (κ3) is 6.33. The molecule has 0 unspecified atom stereocenters. The van der Waals surface area contributed by atoms with Crippen molar-refractivity contribution in [1.29, 1.82) is 0 Å². The highest BCUT2D eigenvalue weighted by Crippen LogP contribution is 2.28. The molecule has 2 aromatic carbocycles. The van der Waals surface area contributed by atoms with E-state index < -0.39 is 11.3 Å². The first-order valence-electron chi connectivity index (χ1n) is 8.70. The lowest BCUT2D eigenvalue weighted by atomic mass is 9.94. The number of hydrogen-bond acceptors (Lipinski definition) is 3. The van der Waals surface area contributed by atoms with E-state index in [0.29, 0.717) is 27.8 Å². The zero-order chi connectivity index (χ0) is 21.8. The third-order valence-electron chi connectivity index (χ3n) is 4.23. The van der Waals surface area contributed by atoms with Crippen molar-refractivity contribution in [2.45, 2.75) is 27.3 Å². The van der Waals surface area contributed by atoms with Crippen LogP contribution in [0.2, 0.25) is 10.0 Å². The molecule has 29 heavy (non-hydrogen) atoms. The molecule has 0 saturated carbocycles. The van der Waals surface area contributed by atoms with Crippen LogP contribution in [0.4, 0.5) is 5.69 Å². The van der Waals surface area contributed by atoms with E-state index in [9.17, 15) is 9.59 Å². The summed E-state index contributed by atoms with van der Waals surface area (Å²) in [7, 11) is 0. The normalized spacial score (nSPS) is 11.3. The van der Waals surface area contributed by atoms with Gasteiger partial charge in [-0.1, -0.05) is 45.2 Å². The maximum absolute atomic E-state index is 12.8. The summed E-state index contributed by atoms with van der Waals surface area (Å²) in [4.78, 5) is 25.3. The zero-order valence-electron chi connectivity index (χ0n) is 16.1. The van der Waals surface area contributed by atoms with E-state index in [1.54, 1.807) is 38.1 Å². The van der Waals surface area contributed by atoms with E-state index in [2.05, 4.69) is 32.1 Å². The summed E-state index contributed by atoms with van der Waals surface area (Å²) < 4.78 is 0.718. The molecule has 0 radical (unpaired) electrons. The molecule has 3 N–H and O–H groups in total. The Bertz CT molecular complexity index is 935. The molecule has 0 aromatic heterocycles. The second-order valence-electron chi connectivity index (χ2n) is 7.16. The highest BCUT2D eigenvalue weighted by atomic mass is 79.9. The van der Waals surface area contributed by atoms with Gasteiger partial charge in [-0.2, -0.15) is 0 Å². The molecule has 0 atom stereocenters. The number of rotatable bonds is 7. The van der Waals surface area contributed by atoms with Crippen molar-refractivity contribution < 1.29 is 9.59 Å². The minimum Gasteiger partial charge on any atom is -0.325 e. The van der Waals surface area contributed by atoms with Crippen LogP contribution in [0.5, 0.6) is 0 Å². The van der Waals surface area contributed by atoms with E-state index in [4.69, 9.17) is 34.8 Å². The molecular weight excluding hydrogens is 501 g/mol. The second-order valence-corrected chi connectivity index (χ2v) is 9.19. The number of alkyl halides is 1. The first-order valence-corrected chi connectivity index (χ1v) is 10.8. The smallest absolute Gasteiger partial charge is 0.267 e. The van der Waals surface area contributed by atoms with Crippen LogP contribution in [0, 0.1) is 12.3 Å². The van der Waals surface area contributed by atoms with Crippen LogP contribution in [-0.4, -0.2) is 17.7 Å². The number of halogens is 4. The Morgan fingerprint density at radius 3 is 2.45 bits per heavy atom. The number of amides is 2.